The number of hydrogen-bond donors (Lipinski definition) is 0. The van der Waals surface area contributed by atoms with Crippen LogP contribution in [0.25, 0.3) is 21.7 Å². The highest BCUT2D eigenvalue weighted by atomic mass is 32.1. The van der Waals surface area contributed by atoms with Crippen LogP contribution in [-0.4, -0.2) is 9.97 Å². The SMILES string of the molecule is O=c1oc(-c2cccs2)nc2cnccc12. The normalized spacial score (nSPS) is 10.8. The predicted molar refractivity (Wildman–Crippen MR) is 61.4 cm³/mol. The summed E-state index contributed by atoms with van der Waals surface area (Å²) in [6, 6.07) is 5.35. The number of thiophene rings is 1. The fourth-order valence-electron chi connectivity index (χ4n) is 1.43. The van der Waals surface area contributed by atoms with E-state index >= 15 is 0 Å². The number of fused-ring (bicyclic) bond motifs is 1. The van der Waals surface area contributed by atoms with Crippen molar-refractivity contribution in [3.8, 4) is 10.8 Å². The van der Waals surface area contributed by atoms with Crippen molar-refractivity contribution in [1.82, 2.24) is 9.97 Å². The summed E-state index contributed by atoms with van der Waals surface area (Å²) in [6.45, 7) is 0. The van der Waals surface area contributed by atoms with Gasteiger partial charge in [0, 0.05) is 6.20 Å². The van der Waals surface area contributed by atoms with Crippen LogP contribution in [0.2, 0.25) is 0 Å². The fourth-order valence-corrected chi connectivity index (χ4v) is 2.08. The van der Waals surface area contributed by atoms with Gasteiger partial charge in [-0.25, -0.2) is 9.78 Å². The lowest BCUT2D eigenvalue weighted by Gasteiger charge is -1.97. The Morgan fingerprint density at radius 3 is 3.06 bits per heavy atom. The van der Waals surface area contributed by atoms with E-state index in [9.17, 15) is 4.79 Å². The van der Waals surface area contributed by atoms with Gasteiger partial charge in [-0.15, -0.1) is 11.3 Å². The molecule has 0 aliphatic rings. The molecule has 0 aliphatic heterocycles. The van der Waals surface area contributed by atoms with Gasteiger partial charge in [0.15, 0.2) is 0 Å². The molecule has 4 nitrogen and oxygen atoms in total. The van der Waals surface area contributed by atoms with Crippen molar-refractivity contribution in [3.63, 3.8) is 0 Å². The van der Waals surface area contributed by atoms with Gasteiger partial charge in [0.05, 0.1) is 22.0 Å². The van der Waals surface area contributed by atoms with Crippen LogP contribution in [0.1, 0.15) is 0 Å². The maximum Gasteiger partial charge on any atom is 0.347 e. The Kier molecular flexibility index (Phi) is 2.04. The number of aromatic nitrogens is 2. The molecule has 0 radical (unpaired) electrons. The van der Waals surface area contributed by atoms with Gasteiger partial charge < -0.3 is 4.42 Å². The summed E-state index contributed by atoms with van der Waals surface area (Å²) in [6.07, 6.45) is 3.11. The Hall–Kier alpha value is -2.01. The van der Waals surface area contributed by atoms with Gasteiger partial charge in [-0.3, -0.25) is 4.98 Å². The Morgan fingerprint density at radius 1 is 1.31 bits per heavy atom. The zero-order chi connectivity index (χ0) is 11.0. The lowest BCUT2D eigenvalue weighted by molar-refractivity contribution is 0.519. The number of hydrogen-bond acceptors (Lipinski definition) is 5. The van der Waals surface area contributed by atoms with Crippen molar-refractivity contribution in [1.29, 1.82) is 0 Å². The molecule has 0 N–H and O–H groups in total. The van der Waals surface area contributed by atoms with Crippen LogP contribution < -0.4 is 5.63 Å². The van der Waals surface area contributed by atoms with E-state index in [0.29, 0.717) is 16.8 Å². The Balaban J connectivity index is 2.34. The molecule has 0 amide bonds. The van der Waals surface area contributed by atoms with Gasteiger partial charge in [-0.05, 0) is 17.5 Å². The quantitative estimate of drug-likeness (QED) is 0.643. The molecule has 0 fully saturated rings. The molecule has 0 aromatic carbocycles. The summed E-state index contributed by atoms with van der Waals surface area (Å²) in [7, 11) is 0. The van der Waals surface area contributed by atoms with Crippen molar-refractivity contribution in [2.45, 2.75) is 0 Å². The fraction of sp³-hybridized carbons (Fsp3) is 0. The number of rotatable bonds is 1. The van der Waals surface area contributed by atoms with E-state index in [1.165, 1.54) is 11.3 Å². The largest absolute Gasteiger partial charge is 0.402 e. The van der Waals surface area contributed by atoms with Crippen LogP contribution in [0.15, 0.2) is 45.2 Å². The Bertz CT molecular complexity index is 689. The van der Waals surface area contributed by atoms with Crippen molar-refractivity contribution >= 4 is 22.2 Å². The van der Waals surface area contributed by atoms with Crippen LogP contribution in [0.5, 0.6) is 0 Å². The summed E-state index contributed by atoms with van der Waals surface area (Å²) >= 11 is 1.48. The van der Waals surface area contributed by atoms with Gasteiger partial charge in [0.2, 0.25) is 5.89 Å². The molecule has 0 spiro atoms. The molecule has 3 rings (SSSR count). The first-order valence-electron chi connectivity index (χ1n) is 4.63. The minimum atomic E-state index is -0.379. The average Bonchev–Trinajstić information content (AvgIpc) is 2.82. The molecule has 0 bridgehead atoms. The highest BCUT2D eigenvalue weighted by molar-refractivity contribution is 7.13. The molecule has 0 saturated heterocycles. The van der Waals surface area contributed by atoms with Gasteiger partial charge in [0.25, 0.3) is 0 Å². The molecule has 3 heterocycles. The molecular formula is C11H6N2O2S. The molecule has 78 valence electrons. The first-order chi connectivity index (χ1) is 7.84. The van der Waals surface area contributed by atoms with Gasteiger partial charge >= 0.3 is 5.63 Å². The second kappa shape index (κ2) is 3.53. The molecule has 3 aromatic rings. The summed E-state index contributed by atoms with van der Waals surface area (Å²) in [5, 5.41) is 2.36. The van der Waals surface area contributed by atoms with E-state index in [2.05, 4.69) is 9.97 Å². The van der Waals surface area contributed by atoms with Gasteiger partial charge in [-0.1, -0.05) is 6.07 Å². The molecule has 0 aliphatic carbocycles. The van der Waals surface area contributed by atoms with E-state index in [1.54, 1.807) is 18.5 Å². The van der Waals surface area contributed by atoms with Gasteiger partial charge in [-0.2, -0.15) is 0 Å². The zero-order valence-corrected chi connectivity index (χ0v) is 8.90. The van der Waals surface area contributed by atoms with E-state index < -0.39 is 0 Å². The second-order valence-electron chi connectivity index (χ2n) is 3.18. The summed E-state index contributed by atoms with van der Waals surface area (Å²) in [4.78, 5) is 20.7. The lowest BCUT2D eigenvalue weighted by atomic mass is 10.3. The van der Waals surface area contributed by atoms with Crippen molar-refractivity contribution in [2.24, 2.45) is 0 Å². The third kappa shape index (κ3) is 1.42. The van der Waals surface area contributed by atoms with Crippen LogP contribution in [0, 0.1) is 0 Å². The van der Waals surface area contributed by atoms with Crippen LogP contribution in [0.4, 0.5) is 0 Å². The highest BCUT2D eigenvalue weighted by Crippen LogP contribution is 2.22. The number of pyridine rings is 1. The standard InChI is InChI=1S/C11H6N2O2S/c14-11-7-3-4-12-6-8(7)13-10(15-11)9-2-1-5-16-9/h1-6H. The Labute approximate surface area is 94.2 Å². The first kappa shape index (κ1) is 9.23. The van der Waals surface area contributed by atoms with Crippen molar-refractivity contribution < 1.29 is 4.42 Å². The highest BCUT2D eigenvalue weighted by Gasteiger charge is 2.08. The lowest BCUT2D eigenvalue weighted by Crippen LogP contribution is -2.02. The monoisotopic (exact) mass is 230 g/mol. The minimum absolute atomic E-state index is 0.348. The van der Waals surface area contributed by atoms with Crippen LogP contribution >= 0.6 is 11.3 Å². The second-order valence-corrected chi connectivity index (χ2v) is 4.12. The molecule has 0 unspecified atom stereocenters. The minimum Gasteiger partial charge on any atom is -0.402 e. The third-order valence-electron chi connectivity index (χ3n) is 2.16. The smallest absolute Gasteiger partial charge is 0.347 e. The average molecular weight is 230 g/mol. The maximum absolute atomic E-state index is 11.7. The molecular weight excluding hydrogens is 224 g/mol. The van der Waals surface area contributed by atoms with E-state index in [0.717, 1.165) is 4.88 Å². The summed E-state index contributed by atoms with van der Waals surface area (Å²) in [5.41, 5.74) is 0.179. The maximum atomic E-state index is 11.7. The zero-order valence-electron chi connectivity index (χ0n) is 8.08. The topological polar surface area (TPSA) is 56.0 Å². The van der Waals surface area contributed by atoms with Crippen LogP contribution in [-0.2, 0) is 0 Å². The van der Waals surface area contributed by atoms with E-state index in [1.807, 2.05) is 17.5 Å². The number of nitrogens with zero attached hydrogens (tertiary/aromatic N) is 2. The molecule has 0 atom stereocenters. The van der Waals surface area contributed by atoms with Crippen molar-refractivity contribution in [3.05, 3.63) is 46.4 Å². The van der Waals surface area contributed by atoms with Crippen molar-refractivity contribution in [2.75, 3.05) is 0 Å². The summed E-state index contributed by atoms with van der Waals surface area (Å²) < 4.78 is 5.15. The van der Waals surface area contributed by atoms with E-state index in [-0.39, 0.29) is 5.63 Å². The Morgan fingerprint density at radius 2 is 2.25 bits per heavy atom. The molecule has 0 saturated carbocycles. The van der Waals surface area contributed by atoms with Gasteiger partial charge in [0.1, 0.15) is 0 Å². The van der Waals surface area contributed by atoms with E-state index in [4.69, 9.17) is 4.42 Å². The summed E-state index contributed by atoms with van der Waals surface area (Å²) in [5.74, 6) is 0.348. The van der Waals surface area contributed by atoms with Crippen LogP contribution in [0.3, 0.4) is 0 Å². The molecule has 16 heavy (non-hydrogen) atoms. The first-order valence-corrected chi connectivity index (χ1v) is 5.51. The molecule has 5 heteroatoms. The third-order valence-corrected chi connectivity index (χ3v) is 3.02. The predicted octanol–water partition coefficient (Wildman–Crippen LogP) is 2.31. The molecule has 3 aromatic heterocycles.